The summed E-state index contributed by atoms with van der Waals surface area (Å²) >= 11 is 1.60. The lowest BCUT2D eigenvalue weighted by molar-refractivity contribution is 0.0838. The van der Waals surface area contributed by atoms with Gasteiger partial charge in [-0.1, -0.05) is 48.0 Å². The quantitative estimate of drug-likeness (QED) is 0.811. The monoisotopic (exact) mass is 330 g/mol. The maximum atomic E-state index is 12.4. The minimum atomic E-state index is -0.0903. The molecule has 0 saturated carbocycles. The van der Waals surface area contributed by atoms with Crippen LogP contribution in [0.1, 0.15) is 34.9 Å². The highest BCUT2D eigenvalue weighted by Gasteiger charge is 2.18. The zero-order valence-electron chi connectivity index (χ0n) is 13.9. The Morgan fingerprint density at radius 3 is 2.70 bits per heavy atom. The summed E-state index contributed by atoms with van der Waals surface area (Å²) in [5.41, 5.74) is 5.48. The molecule has 23 heavy (non-hydrogen) atoms. The first-order valence-electron chi connectivity index (χ1n) is 7.98. The first-order valence-corrected chi connectivity index (χ1v) is 8.97. The van der Waals surface area contributed by atoms with Crippen LogP contribution in [0.25, 0.3) is 0 Å². The fourth-order valence-electron chi connectivity index (χ4n) is 3.13. The van der Waals surface area contributed by atoms with Gasteiger partial charge in [0.15, 0.2) is 5.16 Å². The Bertz CT molecular complexity index is 763. The van der Waals surface area contributed by atoms with Crippen molar-refractivity contribution in [1.29, 1.82) is 0 Å². The van der Waals surface area contributed by atoms with Crippen molar-refractivity contribution in [3.8, 4) is 0 Å². The van der Waals surface area contributed by atoms with Crippen molar-refractivity contribution < 1.29 is 4.74 Å². The van der Waals surface area contributed by atoms with Gasteiger partial charge in [-0.3, -0.25) is 9.36 Å². The van der Waals surface area contributed by atoms with Crippen molar-refractivity contribution in [2.45, 2.75) is 45.5 Å². The zero-order valence-corrected chi connectivity index (χ0v) is 14.7. The molecule has 0 atom stereocenters. The molecule has 1 aromatic carbocycles. The molecule has 0 N–H and O–H groups in total. The van der Waals surface area contributed by atoms with Crippen LogP contribution in [0.3, 0.4) is 0 Å². The van der Waals surface area contributed by atoms with Crippen LogP contribution in [0.2, 0.25) is 0 Å². The Balaban J connectivity index is 2.12. The lowest BCUT2D eigenvalue weighted by Gasteiger charge is -2.18. The molecule has 1 aliphatic heterocycles. The summed E-state index contributed by atoms with van der Waals surface area (Å²) in [5, 5.41) is 0.782. The smallest absolute Gasteiger partial charge is 0.277 e. The van der Waals surface area contributed by atoms with Crippen molar-refractivity contribution in [1.82, 2.24) is 9.55 Å². The number of rotatable bonds is 3. The molecule has 0 aliphatic carbocycles. The molecule has 0 spiro atoms. The summed E-state index contributed by atoms with van der Waals surface area (Å²) < 4.78 is 7.77. The molecule has 0 radical (unpaired) electrons. The average Bonchev–Trinajstić information content (AvgIpc) is 2.71. The molecule has 122 valence electrons. The number of hydrogen-bond acceptors (Lipinski definition) is 4. The third kappa shape index (κ3) is 3.51. The first kappa shape index (κ1) is 16.3. The van der Waals surface area contributed by atoms with Gasteiger partial charge in [0.2, 0.25) is 0 Å². The SMILES string of the molecule is CCc1c(Cc2cc(C)cc(C)c2)n2c(nc1=O)SCCOC2. The van der Waals surface area contributed by atoms with Crippen LogP contribution in [-0.4, -0.2) is 21.9 Å². The molecule has 1 aliphatic rings. The van der Waals surface area contributed by atoms with E-state index in [-0.39, 0.29) is 5.56 Å². The van der Waals surface area contributed by atoms with Gasteiger partial charge < -0.3 is 4.74 Å². The zero-order chi connectivity index (χ0) is 16.4. The van der Waals surface area contributed by atoms with Crippen LogP contribution in [0.5, 0.6) is 0 Å². The predicted octanol–water partition coefficient (Wildman–Crippen LogP) is 3.09. The second-order valence-electron chi connectivity index (χ2n) is 5.96. The highest BCUT2D eigenvalue weighted by Crippen LogP contribution is 2.23. The Hall–Kier alpha value is -1.59. The van der Waals surface area contributed by atoms with Gasteiger partial charge in [0.1, 0.15) is 6.73 Å². The van der Waals surface area contributed by atoms with Crippen molar-refractivity contribution in [2.24, 2.45) is 0 Å². The summed E-state index contributed by atoms with van der Waals surface area (Å²) in [5.74, 6) is 0.834. The molecule has 3 rings (SSSR count). The van der Waals surface area contributed by atoms with Crippen LogP contribution in [0.15, 0.2) is 28.2 Å². The first-order chi connectivity index (χ1) is 11.1. The van der Waals surface area contributed by atoms with E-state index in [2.05, 4.69) is 41.6 Å². The van der Waals surface area contributed by atoms with Crippen molar-refractivity contribution in [3.05, 3.63) is 56.5 Å². The van der Waals surface area contributed by atoms with Gasteiger partial charge in [-0.05, 0) is 25.8 Å². The van der Waals surface area contributed by atoms with E-state index in [1.54, 1.807) is 11.8 Å². The fourth-order valence-corrected chi connectivity index (χ4v) is 3.98. The molecule has 1 aromatic heterocycles. The molecule has 4 nitrogen and oxygen atoms in total. The van der Waals surface area contributed by atoms with E-state index in [4.69, 9.17) is 4.74 Å². The summed E-state index contributed by atoms with van der Waals surface area (Å²) in [4.78, 5) is 16.7. The number of hydrogen-bond donors (Lipinski definition) is 0. The van der Waals surface area contributed by atoms with Crippen LogP contribution in [-0.2, 0) is 24.3 Å². The van der Waals surface area contributed by atoms with Gasteiger partial charge in [-0.15, -0.1) is 0 Å². The third-order valence-electron chi connectivity index (χ3n) is 4.05. The number of aryl methyl sites for hydroxylation is 2. The summed E-state index contributed by atoms with van der Waals surface area (Å²) in [6.45, 7) is 7.39. The molecule has 0 bridgehead atoms. The molecule has 5 heteroatoms. The van der Waals surface area contributed by atoms with Crippen molar-refractivity contribution in [3.63, 3.8) is 0 Å². The average molecular weight is 330 g/mol. The molecule has 2 heterocycles. The van der Waals surface area contributed by atoms with E-state index < -0.39 is 0 Å². The molecule has 0 unspecified atom stereocenters. The standard InChI is InChI=1S/C18H22N2O2S/c1-4-15-16(10-14-8-12(2)7-13(3)9-14)20-11-22-5-6-23-18(20)19-17(15)21/h7-9H,4-6,10-11H2,1-3H3. The van der Waals surface area contributed by atoms with Gasteiger partial charge in [-0.2, -0.15) is 4.98 Å². The normalized spacial score (nSPS) is 14.4. The second kappa shape index (κ2) is 6.89. The Morgan fingerprint density at radius 1 is 1.26 bits per heavy atom. The third-order valence-corrected chi connectivity index (χ3v) is 4.99. The van der Waals surface area contributed by atoms with E-state index in [1.807, 2.05) is 6.92 Å². The Labute approximate surface area is 140 Å². The molecular weight excluding hydrogens is 308 g/mol. The number of thioether (sulfide) groups is 1. The largest absolute Gasteiger partial charge is 0.360 e. The minimum absolute atomic E-state index is 0.0903. The number of benzene rings is 1. The molecule has 2 aromatic rings. The Kier molecular flexibility index (Phi) is 4.87. The van der Waals surface area contributed by atoms with Gasteiger partial charge >= 0.3 is 0 Å². The lowest BCUT2D eigenvalue weighted by Crippen LogP contribution is -2.24. The van der Waals surface area contributed by atoms with E-state index >= 15 is 0 Å². The number of aromatic nitrogens is 2. The second-order valence-corrected chi connectivity index (χ2v) is 7.03. The van der Waals surface area contributed by atoms with Gasteiger partial charge in [0.05, 0.1) is 6.61 Å². The van der Waals surface area contributed by atoms with E-state index in [1.165, 1.54) is 16.7 Å². The number of fused-ring (bicyclic) bond motifs is 1. The molecular formula is C18H22N2O2S. The maximum absolute atomic E-state index is 12.4. The van der Waals surface area contributed by atoms with Crippen LogP contribution < -0.4 is 5.56 Å². The summed E-state index contributed by atoms with van der Waals surface area (Å²) in [7, 11) is 0. The van der Waals surface area contributed by atoms with Crippen LogP contribution in [0.4, 0.5) is 0 Å². The number of nitrogens with zero attached hydrogens (tertiary/aromatic N) is 2. The van der Waals surface area contributed by atoms with Crippen molar-refractivity contribution >= 4 is 11.8 Å². The molecule has 0 amide bonds. The van der Waals surface area contributed by atoms with E-state index in [0.717, 1.165) is 28.6 Å². The fraction of sp³-hybridized carbons (Fsp3) is 0.444. The van der Waals surface area contributed by atoms with Gasteiger partial charge in [0, 0.05) is 23.4 Å². The number of ether oxygens (including phenoxy) is 1. The van der Waals surface area contributed by atoms with E-state index in [9.17, 15) is 4.79 Å². The van der Waals surface area contributed by atoms with Crippen molar-refractivity contribution in [2.75, 3.05) is 12.4 Å². The van der Waals surface area contributed by atoms with Crippen LogP contribution in [0, 0.1) is 13.8 Å². The summed E-state index contributed by atoms with van der Waals surface area (Å²) in [6, 6.07) is 6.55. The summed E-state index contributed by atoms with van der Waals surface area (Å²) in [6.07, 6.45) is 1.43. The van der Waals surface area contributed by atoms with E-state index in [0.29, 0.717) is 19.8 Å². The van der Waals surface area contributed by atoms with Gasteiger partial charge in [-0.25, -0.2) is 0 Å². The predicted molar refractivity (Wildman–Crippen MR) is 93.3 cm³/mol. The highest BCUT2D eigenvalue weighted by molar-refractivity contribution is 7.99. The maximum Gasteiger partial charge on any atom is 0.277 e. The molecule has 0 fully saturated rings. The minimum Gasteiger partial charge on any atom is -0.360 e. The lowest BCUT2D eigenvalue weighted by atomic mass is 10.0. The molecule has 0 saturated heterocycles. The van der Waals surface area contributed by atoms with Crippen LogP contribution >= 0.6 is 11.8 Å². The highest BCUT2D eigenvalue weighted by atomic mass is 32.2. The Morgan fingerprint density at radius 2 is 2.00 bits per heavy atom. The topological polar surface area (TPSA) is 44.1 Å². The van der Waals surface area contributed by atoms with Gasteiger partial charge in [0.25, 0.3) is 5.56 Å².